The fraction of sp³-hybridized carbons (Fsp3) is 0.529. The standard InChI is InChI=1S/C17H22FNO2/c1-3-4-5-6-7-8-9-19-15-13(16(20)17(19)21)10-12(2)11-14(15)18/h10-11H,3-9H2,1-2H3. The molecule has 0 atom stereocenters. The first kappa shape index (κ1) is 15.7. The summed E-state index contributed by atoms with van der Waals surface area (Å²) >= 11 is 0. The summed E-state index contributed by atoms with van der Waals surface area (Å²) in [6, 6.07) is 2.97. The van der Waals surface area contributed by atoms with E-state index in [0.717, 1.165) is 19.3 Å². The van der Waals surface area contributed by atoms with Crippen LogP contribution in [0, 0.1) is 12.7 Å². The molecule has 2 rings (SSSR count). The lowest BCUT2D eigenvalue weighted by Gasteiger charge is -2.17. The molecule has 0 saturated heterocycles. The number of fused-ring (bicyclic) bond motifs is 1. The van der Waals surface area contributed by atoms with Crippen LogP contribution in [0.1, 0.15) is 61.4 Å². The average molecular weight is 291 g/mol. The zero-order valence-corrected chi connectivity index (χ0v) is 12.7. The molecule has 1 aromatic carbocycles. The van der Waals surface area contributed by atoms with Crippen molar-refractivity contribution in [2.24, 2.45) is 0 Å². The first-order chi connectivity index (χ1) is 10.1. The average Bonchev–Trinajstić information content (AvgIpc) is 2.68. The third kappa shape index (κ3) is 3.31. The summed E-state index contributed by atoms with van der Waals surface area (Å²) in [4.78, 5) is 25.2. The van der Waals surface area contributed by atoms with Crippen LogP contribution in [-0.4, -0.2) is 18.2 Å². The van der Waals surface area contributed by atoms with E-state index in [1.54, 1.807) is 13.0 Å². The summed E-state index contributed by atoms with van der Waals surface area (Å²) in [7, 11) is 0. The summed E-state index contributed by atoms with van der Waals surface area (Å²) in [6.07, 6.45) is 6.52. The van der Waals surface area contributed by atoms with Gasteiger partial charge < -0.3 is 4.90 Å². The molecule has 0 bridgehead atoms. The summed E-state index contributed by atoms with van der Waals surface area (Å²) < 4.78 is 14.1. The molecule has 1 aliphatic rings. The topological polar surface area (TPSA) is 37.4 Å². The van der Waals surface area contributed by atoms with E-state index in [4.69, 9.17) is 0 Å². The monoisotopic (exact) mass is 291 g/mol. The lowest BCUT2D eigenvalue weighted by atomic mass is 10.1. The highest BCUT2D eigenvalue weighted by Crippen LogP contribution is 2.33. The highest BCUT2D eigenvalue weighted by molar-refractivity contribution is 6.52. The largest absolute Gasteiger partial charge is 0.302 e. The van der Waals surface area contributed by atoms with Gasteiger partial charge in [-0.1, -0.05) is 39.0 Å². The van der Waals surface area contributed by atoms with Crippen molar-refractivity contribution in [2.45, 2.75) is 52.4 Å². The van der Waals surface area contributed by atoms with Gasteiger partial charge in [-0.2, -0.15) is 0 Å². The fourth-order valence-corrected chi connectivity index (χ4v) is 2.78. The molecule has 0 spiro atoms. The summed E-state index contributed by atoms with van der Waals surface area (Å²) in [5.41, 5.74) is 1.04. The number of ketones is 1. The quantitative estimate of drug-likeness (QED) is 0.562. The van der Waals surface area contributed by atoms with Gasteiger partial charge in [0.15, 0.2) is 0 Å². The zero-order valence-electron chi connectivity index (χ0n) is 12.7. The number of hydrogen-bond acceptors (Lipinski definition) is 2. The number of halogens is 1. The minimum absolute atomic E-state index is 0.171. The van der Waals surface area contributed by atoms with Gasteiger partial charge in [0, 0.05) is 6.54 Å². The Kier molecular flexibility index (Phi) is 5.10. The third-order valence-electron chi connectivity index (χ3n) is 3.90. The van der Waals surface area contributed by atoms with E-state index < -0.39 is 17.5 Å². The minimum Gasteiger partial charge on any atom is -0.302 e. The maximum atomic E-state index is 14.1. The molecule has 1 amide bonds. The van der Waals surface area contributed by atoms with Crippen LogP contribution in [0.5, 0.6) is 0 Å². The highest BCUT2D eigenvalue weighted by Gasteiger charge is 2.37. The number of hydrogen-bond donors (Lipinski definition) is 0. The molecule has 1 heterocycles. The van der Waals surface area contributed by atoms with Crippen molar-refractivity contribution >= 4 is 17.4 Å². The molecule has 0 saturated carbocycles. The Bertz CT molecular complexity index is 554. The Hall–Kier alpha value is -1.71. The highest BCUT2D eigenvalue weighted by atomic mass is 19.1. The molecule has 4 heteroatoms. The van der Waals surface area contributed by atoms with Gasteiger partial charge in [0.25, 0.3) is 11.7 Å². The lowest BCUT2D eigenvalue weighted by Crippen LogP contribution is -2.31. The number of unbranched alkanes of at least 4 members (excludes halogenated alkanes) is 5. The number of carbonyl (C=O) groups is 2. The summed E-state index contributed by atoms with van der Waals surface area (Å²) in [5.74, 6) is -1.66. The molecule has 0 aromatic heterocycles. The number of rotatable bonds is 7. The van der Waals surface area contributed by atoms with E-state index in [1.165, 1.54) is 30.2 Å². The second-order valence-corrected chi connectivity index (χ2v) is 5.70. The SMILES string of the molecule is CCCCCCCCN1C(=O)C(=O)c2cc(C)cc(F)c21. The Labute approximate surface area is 125 Å². The molecule has 0 fully saturated rings. The molecule has 3 nitrogen and oxygen atoms in total. The van der Waals surface area contributed by atoms with Crippen LogP contribution < -0.4 is 4.90 Å². The first-order valence-electron chi connectivity index (χ1n) is 7.72. The van der Waals surface area contributed by atoms with Crippen LogP contribution in [0.4, 0.5) is 10.1 Å². The number of Topliss-reactive ketones (excluding diaryl/α,β-unsaturated/α-hetero) is 1. The van der Waals surface area contributed by atoms with Gasteiger partial charge in [-0.05, 0) is 31.0 Å². The molecule has 0 N–H and O–H groups in total. The van der Waals surface area contributed by atoms with Gasteiger partial charge in [0.1, 0.15) is 5.82 Å². The normalized spacial score (nSPS) is 14.0. The van der Waals surface area contributed by atoms with E-state index in [2.05, 4.69) is 6.92 Å². The smallest absolute Gasteiger partial charge is 0.299 e. The molecule has 0 unspecified atom stereocenters. The van der Waals surface area contributed by atoms with Gasteiger partial charge in [0.05, 0.1) is 11.3 Å². The Morgan fingerprint density at radius 1 is 1.05 bits per heavy atom. The van der Waals surface area contributed by atoms with Crippen LogP contribution in [0.2, 0.25) is 0 Å². The fourth-order valence-electron chi connectivity index (χ4n) is 2.78. The van der Waals surface area contributed by atoms with Crippen LogP contribution in [0.3, 0.4) is 0 Å². The van der Waals surface area contributed by atoms with E-state index in [0.29, 0.717) is 12.1 Å². The molecule has 1 aromatic rings. The number of aryl methyl sites for hydroxylation is 1. The number of carbonyl (C=O) groups excluding carboxylic acids is 2. The molecular weight excluding hydrogens is 269 g/mol. The predicted molar refractivity (Wildman–Crippen MR) is 81.2 cm³/mol. The molecule has 21 heavy (non-hydrogen) atoms. The molecular formula is C17H22FNO2. The lowest BCUT2D eigenvalue weighted by molar-refractivity contribution is -0.114. The Morgan fingerprint density at radius 3 is 2.43 bits per heavy atom. The predicted octanol–water partition coefficient (Wildman–Crippen LogP) is 4.02. The summed E-state index contributed by atoms with van der Waals surface area (Å²) in [6.45, 7) is 4.30. The minimum atomic E-state index is -0.594. The van der Waals surface area contributed by atoms with Gasteiger partial charge in [-0.15, -0.1) is 0 Å². The van der Waals surface area contributed by atoms with Crippen LogP contribution in [0.25, 0.3) is 0 Å². The van der Waals surface area contributed by atoms with Crippen LogP contribution in [-0.2, 0) is 4.79 Å². The summed E-state index contributed by atoms with van der Waals surface area (Å²) in [5, 5.41) is 0. The van der Waals surface area contributed by atoms with Crippen molar-refractivity contribution < 1.29 is 14.0 Å². The van der Waals surface area contributed by atoms with E-state index in [-0.39, 0.29) is 11.3 Å². The van der Waals surface area contributed by atoms with Crippen molar-refractivity contribution in [3.63, 3.8) is 0 Å². The van der Waals surface area contributed by atoms with Crippen LogP contribution in [0.15, 0.2) is 12.1 Å². The van der Waals surface area contributed by atoms with Crippen molar-refractivity contribution in [3.8, 4) is 0 Å². The Balaban J connectivity index is 2.02. The third-order valence-corrected chi connectivity index (χ3v) is 3.90. The molecule has 0 radical (unpaired) electrons. The second-order valence-electron chi connectivity index (χ2n) is 5.70. The second kappa shape index (κ2) is 6.83. The Morgan fingerprint density at radius 2 is 1.71 bits per heavy atom. The zero-order chi connectivity index (χ0) is 15.4. The van der Waals surface area contributed by atoms with E-state index in [1.807, 2.05) is 0 Å². The van der Waals surface area contributed by atoms with Crippen molar-refractivity contribution in [2.75, 3.05) is 11.4 Å². The molecule has 1 aliphatic heterocycles. The van der Waals surface area contributed by atoms with Gasteiger partial charge in [0.2, 0.25) is 0 Å². The first-order valence-corrected chi connectivity index (χ1v) is 7.72. The van der Waals surface area contributed by atoms with E-state index in [9.17, 15) is 14.0 Å². The van der Waals surface area contributed by atoms with Crippen LogP contribution >= 0.6 is 0 Å². The molecule has 114 valence electrons. The number of nitrogens with zero attached hydrogens (tertiary/aromatic N) is 1. The number of anilines is 1. The van der Waals surface area contributed by atoms with Gasteiger partial charge in [-0.25, -0.2) is 4.39 Å². The van der Waals surface area contributed by atoms with Crippen molar-refractivity contribution in [1.29, 1.82) is 0 Å². The van der Waals surface area contributed by atoms with Gasteiger partial charge >= 0.3 is 0 Å². The molecule has 0 aliphatic carbocycles. The van der Waals surface area contributed by atoms with Crippen molar-refractivity contribution in [1.82, 2.24) is 0 Å². The number of amides is 1. The number of benzene rings is 1. The van der Waals surface area contributed by atoms with E-state index >= 15 is 0 Å². The maximum Gasteiger partial charge on any atom is 0.299 e. The van der Waals surface area contributed by atoms with Crippen molar-refractivity contribution in [3.05, 3.63) is 29.1 Å². The van der Waals surface area contributed by atoms with Gasteiger partial charge in [-0.3, -0.25) is 9.59 Å². The maximum absolute atomic E-state index is 14.1.